The van der Waals surface area contributed by atoms with Crippen LogP contribution in [-0.4, -0.2) is 61.1 Å². The van der Waals surface area contributed by atoms with E-state index in [-0.39, 0.29) is 12.3 Å². The highest BCUT2D eigenvalue weighted by Gasteiger charge is 2.19. The van der Waals surface area contributed by atoms with Crippen LogP contribution in [0.5, 0.6) is 0 Å². The van der Waals surface area contributed by atoms with Gasteiger partial charge in [0.1, 0.15) is 12.2 Å². The molecule has 3 N–H and O–H groups in total. The van der Waals surface area contributed by atoms with Gasteiger partial charge >= 0.3 is 0 Å². The number of aliphatic imine (C=N–C) groups is 1. The topological polar surface area (TPSA) is 113 Å². The van der Waals surface area contributed by atoms with E-state index in [1.807, 2.05) is 18.4 Å². The second-order valence-electron chi connectivity index (χ2n) is 6.45. The van der Waals surface area contributed by atoms with Gasteiger partial charge < -0.3 is 15.2 Å². The maximum absolute atomic E-state index is 12.0. The smallest absolute Gasteiger partial charge is 0.213 e. The molecule has 0 aliphatic heterocycles. The minimum atomic E-state index is -3.26. The van der Waals surface area contributed by atoms with Crippen LogP contribution in [0.1, 0.15) is 38.9 Å². The monoisotopic (exact) mass is 385 g/mol. The quantitative estimate of drug-likeness (QED) is 0.368. The van der Waals surface area contributed by atoms with Crippen LogP contribution in [0.15, 0.2) is 11.3 Å². The third-order valence-electron chi connectivity index (χ3n) is 4.45. The number of guanidine groups is 1. The largest absolute Gasteiger partial charge is 0.357 e. The SMILES string of the molecule is CCNC(=NCCS(=O)(=O)NCC1CCC1)NCCn1cnnc1CC. The molecular weight excluding hydrogens is 354 g/mol. The molecule has 1 aliphatic rings. The Bertz CT molecular complexity index is 668. The van der Waals surface area contributed by atoms with Gasteiger partial charge in [-0.3, -0.25) is 4.99 Å². The van der Waals surface area contributed by atoms with E-state index in [2.05, 4.69) is 30.5 Å². The molecule has 0 radical (unpaired) electrons. The highest BCUT2D eigenvalue weighted by Crippen LogP contribution is 2.25. The minimum Gasteiger partial charge on any atom is -0.357 e. The van der Waals surface area contributed by atoms with Gasteiger partial charge in [-0.25, -0.2) is 13.1 Å². The van der Waals surface area contributed by atoms with Gasteiger partial charge in [0, 0.05) is 32.6 Å². The fourth-order valence-electron chi connectivity index (χ4n) is 2.67. The van der Waals surface area contributed by atoms with Gasteiger partial charge in [0.25, 0.3) is 0 Å². The molecule has 1 saturated carbocycles. The number of aromatic nitrogens is 3. The number of rotatable bonds is 11. The van der Waals surface area contributed by atoms with E-state index in [4.69, 9.17) is 0 Å². The van der Waals surface area contributed by atoms with Crippen LogP contribution in [0.2, 0.25) is 0 Å². The van der Waals surface area contributed by atoms with E-state index in [0.29, 0.717) is 31.5 Å². The first-order chi connectivity index (χ1) is 12.5. The molecule has 0 saturated heterocycles. The summed E-state index contributed by atoms with van der Waals surface area (Å²) in [6.07, 6.45) is 6.01. The summed E-state index contributed by atoms with van der Waals surface area (Å²) in [6.45, 7) is 6.89. The van der Waals surface area contributed by atoms with E-state index >= 15 is 0 Å². The lowest BCUT2D eigenvalue weighted by Gasteiger charge is -2.25. The first kappa shape index (κ1) is 20.6. The Labute approximate surface area is 156 Å². The van der Waals surface area contributed by atoms with Crippen LogP contribution in [0.3, 0.4) is 0 Å². The predicted molar refractivity (Wildman–Crippen MR) is 103 cm³/mol. The van der Waals surface area contributed by atoms with Gasteiger partial charge in [0.2, 0.25) is 10.0 Å². The van der Waals surface area contributed by atoms with Crippen molar-refractivity contribution in [3.8, 4) is 0 Å². The normalized spacial score (nSPS) is 15.7. The molecule has 2 rings (SSSR count). The summed E-state index contributed by atoms with van der Waals surface area (Å²) >= 11 is 0. The average molecular weight is 386 g/mol. The molecule has 1 fully saturated rings. The number of aryl methyl sites for hydroxylation is 1. The summed E-state index contributed by atoms with van der Waals surface area (Å²) in [4.78, 5) is 4.36. The fourth-order valence-corrected chi connectivity index (χ4v) is 3.63. The van der Waals surface area contributed by atoms with Gasteiger partial charge in [0.15, 0.2) is 5.96 Å². The van der Waals surface area contributed by atoms with E-state index in [9.17, 15) is 8.42 Å². The second-order valence-corrected chi connectivity index (χ2v) is 8.37. The summed E-state index contributed by atoms with van der Waals surface area (Å²) in [5.74, 6) is 2.07. The number of nitrogens with zero attached hydrogens (tertiary/aromatic N) is 4. The first-order valence-corrected chi connectivity index (χ1v) is 11.1. The van der Waals surface area contributed by atoms with Crippen molar-refractivity contribution >= 4 is 16.0 Å². The van der Waals surface area contributed by atoms with Crippen molar-refractivity contribution in [2.75, 3.05) is 31.9 Å². The fraction of sp³-hybridized carbons (Fsp3) is 0.812. The van der Waals surface area contributed by atoms with Crippen LogP contribution in [0, 0.1) is 5.92 Å². The molecule has 10 heteroatoms. The molecule has 0 spiro atoms. The van der Waals surface area contributed by atoms with Crippen molar-refractivity contribution in [3.05, 3.63) is 12.2 Å². The third kappa shape index (κ3) is 6.91. The van der Waals surface area contributed by atoms with E-state index in [1.54, 1.807) is 6.33 Å². The van der Waals surface area contributed by atoms with Crippen LogP contribution in [0.25, 0.3) is 0 Å². The first-order valence-electron chi connectivity index (χ1n) is 9.40. The number of hydrogen-bond donors (Lipinski definition) is 3. The minimum absolute atomic E-state index is 0.00170. The van der Waals surface area contributed by atoms with Gasteiger partial charge in [-0.1, -0.05) is 13.3 Å². The zero-order valence-corrected chi connectivity index (χ0v) is 16.6. The Kier molecular flexibility index (Phi) is 8.30. The van der Waals surface area contributed by atoms with Crippen molar-refractivity contribution < 1.29 is 8.42 Å². The van der Waals surface area contributed by atoms with Gasteiger partial charge in [-0.05, 0) is 25.7 Å². The molecule has 0 atom stereocenters. The Morgan fingerprint density at radius 3 is 2.81 bits per heavy atom. The van der Waals surface area contributed by atoms with Crippen molar-refractivity contribution in [2.24, 2.45) is 10.9 Å². The summed E-state index contributed by atoms with van der Waals surface area (Å²) in [6, 6.07) is 0. The average Bonchev–Trinajstić information content (AvgIpc) is 3.00. The van der Waals surface area contributed by atoms with Crippen LogP contribution in [0.4, 0.5) is 0 Å². The third-order valence-corrected chi connectivity index (χ3v) is 5.77. The maximum atomic E-state index is 12.0. The molecule has 0 unspecified atom stereocenters. The molecule has 0 aromatic carbocycles. The maximum Gasteiger partial charge on any atom is 0.213 e. The standard InChI is InChI=1S/C16H31N7O2S/c1-3-15-22-20-13-23(15)10-8-18-16(17-4-2)19-9-11-26(24,25)21-12-14-6-5-7-14/h13-14,21H,3-12H2,1-2H3,(H2,17,18,19). The van der Waals surface area contributed by atoms with Crippen LogP contribution < -0.4 is 15.4 Å². The van der Waals surface area contributed by atoms with E-state index < -0.39 is 10.0 Å². The number of sulfonamides is 1. The molecule has 0 bridgehead atoms. The van der Waals surface area contributed by atoms with Crippen LogP contribution >= 0.6 is 0 Å². The van der Waals surface area contributed by atoms with Gasteiger partial charge in [-0.15, -0.1) is 10.2 Å². The van der Waals surface area contributed by atoms with Gasteiger partial charge in [0.05, 0.1) is 12.3 Å². The number of nitrogens with one attached hydrogen (secondary N) is 3. The summed E-state index contributed by atoms with van der Waals surface area (Å²) in [5.41, 5.74) is 0. The summed E-state index contributed by atoms with van der Waals surface area (Å²) in [7, 11) is -3.26. The molecule has 0 amide bonds. The van der Waals surface area contributed by atoms with E-state index in [0.717, 1.165) is 31.6 Å². The predicted octanol–water partition coefficient (Wildman–Crippen LogP) is 0.115. The molecular formula is C16H31N7O2S. The summed E-state index contributed by atoms with van der Waals surface area (Å²) in [5, 5.41) is 14.3. The zero-order valence-electron chi connectivity index (χ0n) is 15.7. The summed E-state index contributed by atoms with van der Waals surface area (Å²) < 4.78 is 28.7. The molecule has 9 nitrogen and oxygen atoms in total. The second kappa shape index (κ2) is 10.5. The van der Waals surface area contributed by atoms with Gasteiger partial charge in [-0.2, -0.15) is 0 Å². The number of hydrogen-bond acceptors (Lipinski definition) is 5. The Morgan fingerprint density at radius 2 is 2.15 bits per heavy atom. The lowest BCUT2D eigenvalue weighted by molar-refractivity contribution is 0.316. The van der Waals surface area contributed by atoms with E-state index in [1.165, 1.54) is 6.42 Å². The molecule has 1 aromatic rings. The Hall–Kier alpha value is -1.68. The molecule has 1 aromatic heterocycles. The highest BCUT2D eigenvalue weighted by atomic mass is 32.2. The van der Waals surface area contributed by atoms with Crippen molar-refractivity contribution in [1.29, 1.82) is 0 Å². The lowest BCUT2D eigenvalue weighted by Crippen LogP contribution is -2.39. The van der Waals surface area contributed by atoms with Crippen LogP contribution in [-0.2, 0) is 23.0 Å². The van der Waals surface area contributed by atoms with Crippen molar-refractivity contribution in [3.63, 3.8) is 0 Å². The molecule has 1 aliphatic carbocycles. The molecule has 1 heterocycles. The molecule has 148 valence electrons. The molecule has 26 heavy (non-hydrogen) atoms. The highest BCUT2D eigenvalue weighted by molar-refractivity contribution is 7.89. The van der Waals surface area contributed by atoms with Crippen molar-refractivity contribution in [2.45, 2.75) is 46.1 Å². The Balaban J connectivity index is 1.74. The van der Waals surface area contributed by atoms with Crippen molar-refractivity contribution in [1.82, 2.24) is 30.1 Å². The zero-order chi connectivity index (χ0) is 18.8. The lowest BCUT2D eigenvalue weighted by atomic mass is 9.86. The Morgan fingerprint density at radius 1 is 1.35 bits per heavy atom.